The maximum absolute atomic E-state index is 14.4. The summed E-state index contributed by atoms with van der Waals surface area (Å²) >= 11 is 1.96. The van der Waals surface area contributed by atoms with Crippen molar-refractivity contribution in [1.82, 2.24) is 19.4 Å². The minimum Gasteiger partial charge on any atom is -0.508 e. The number of phenols is 1. The molecule has 0 radical (unpaired) electrons. The predicted molar refractivity (Wildman–Crippen MR) is 184 cm³/mol. The number of hydrogen-bond acceptors (Lipinski definition) is 10. The second kappa shape index (κ2) is 15.4. The van der Waals surface area contributed by atoms with Gasteiger partial charge in [-0.25, -0.2) is 18.6 Å². The summed E-state index contributed by atoms with van der Waals surface area (Å²) in [5.74, 6) is -4.09. The highest BCUT2D eigenvalue weighted by Gasteiger charge is 2.39. The van der Waals surface area contributed by atoms with Crippen LogP contribution in [0.4, 0.5) is 27.1 Å². The first-order valence-corrected chi connectivity index (χ1v) is 16.8. The van der Waals surface area contributed by atoms with Crippen molar-refractivity contribution in [2.75, 3.05) is 11.9 Å². The Hall–Kier alpha value is -4.49. The lowest BCUT2D eigenvalue weighted by Crippen LogP contribution is -2.38. The molecule has 3 aromatic heterocycles. The molecule has 2 aromatic carbocycles. The fourth-order valence-electron chi connectivity index (χ4n) is 4.82. The van der Waals surface area contributed by atoms with E-state index in [4.69, 9.17) is 5.11 Å². The number of benzene rings is 2. The molecule has 5 rings (SSSR count). The average Bonchev–Trinajstić information content (AvgIpc) is 3.68. The maximum atomic E-state index is 14.4. The Balaban J connectivity index is 0.000000289. The highest BCUT2D eigenvalue weighted by Crippen LogP contribution is 2.38. The van der Waals surface area contributed by atoms with Gasteiger partial charge in [0.15, 0.2) is 5.13 Å². The molecule has 0 saturated carbocycles. The minimum atomic E-state index is -5.24. The Morgan fingerprint density at radius 2 is 1.69 bits per heavy atom. The maximum Gasteiger partial charge on any atom is 0.422 e. The molecule has 5 N–H and O–H groups in total. The number of amides is 1. The molecule has 0 aliphatic heterocycles. The van der Waals surface area contributed by atoms with Gasteiger partial charge in [0.05, 0.1) is 30.2 Å². The largest absolute Gasteiger partial charge is 0.508 e. The number of aliphatic hydroxyl groups is 2. The van der Waals surface area contributed by atoms with Gasteiger partial charge in [-0.3, -0.25) is 18.7 Å². The second-order valence-electron chi connectivity index (χ2n) is 12.4. The van der Waals surface area contributed by atoms with Crippen molar-refractivity contribution in [2.45, 2.75) is 51.6 Å². The number of thiophene rings is 1. The Labute approximate surface area is 295 Å². The molecule has 1 unspecified atom stereocenters. The number of aliphatic hydroxyl groups excluding tert-OH is 2. The van der Waals surface area contributed by atoms with Crippen molar-refractivity contribution < 1.29 is 42.1 Å². The van der Waals surface area contributed by atoms with Crippen LogP contribution in [-0.4, -0.2) is 47.4 Å². The van der Waals surface area contributed by atoms with E-state index in [0.29, 0.717) is 34.1 Å². The molecule has 3 heterocycles. The van der Waals surface area contributed by atoms with E-state index in [9.17, 15) is 46.5 Å². The van der Waals surface area contributed by atoms with Crippen LogP contribution in [0.3, 0.4) is 0 Å². The number of carbonyl (C=O) groups is 1. The van der Waals surface area contributed by atoms with Crippen LogP contribution in [0.2, 0.25) is 0 Å². The van der Waals surface area contributed by atoms with Crippen molar-refractivity contribution >= 4 is 43.9 Å². The number of thiazole rings is 1. The molecular formula is C33H34F5N5O6S2. The van der Waals surface area contributed by atoms with Gasteiger partial charge in [0.2, 0.25) is 5.91 Å². The molecule has 274 valence electrons. The van der Waals surface area contributed by atoms with Crippen molar-refractivity contribution in [3.05, 3.63) is 95.8 Å². The number of nitrogens with zero attached hydrogens (tertiary/aromatic N) is 3. The standard InChI is InChI=1S/C20H13F5N4O3S2.C13H21NO3/c1-28-16(31)13-8(6-33-17(13)29(2)19(28)32)5-12(30)27-18-26-11(7-34-18)9-3-4-10(21)14(15(9)22)20(23,24)25;1-13(2,3)14-7-12(17)9-4-5-11(16)10(6-9)8-15/h3-4,6-7H,5H2,1-2H3,(H,26,27,30);4-6,12,14-17H,7-8H2,1-3H3. The van der Waals surface area contributed by atoms with E-state index in [1.165, 1.54) is 30.1 Å². The summed E-state index contributed by atoms with van der Waals surface area (Å²) in [7, 11) is 2.82. The fraction of sp³-hybridized carbons (Fsp3) is 0.333. The highest BCUT2D eigenvalue weighted by molar-refractivity contribution is 7.17. The molecule has 0 spiro atoms. The van der Waals surface area contributed by atoms with Gasteiger partial charge >= 0.3 is 11.9 Å². The first kappa shape index (κ1) is 39.3. The zero-order valence-electron chi connectivity index (χ0n) is 27.9. The number of aromatic nitrogens is 3. The minimum absolute atomic E-state index is 0.0304. The van der Waals surface area contributed by atoms with Gasteiger partial charge < -0.3 is 26.0 Å². The average molecular weight is 756 g/mol. The quantitative estimate of drug-likeness (QED) is 0.135. The number of anilines is 1. The molecule has 0 aliphatic carbocycles. The van der Waals surface area contributed by atoms with Crippen molar-refractivity contribution in [3.8, 4) is 17.0 Å². The number of nitrogens with one attached hydrogen (secondary N) is 2. The molecule has 51 heavy (non-hydrogen) atoms. The van der Waals surface area contributed by atoms with Crippen LogP contribution < -0.4 is 21.9 Å². The Kier molecular flexibility index (Phi) is 11.9. The molecule has 0 aliphatic rings. The lowest BCUT2D eigenvalue weighted by Gasteiger charge is -2.23. The Morgan fingerprint density at radius 3 is 2.31 bits per heavy atom. The highest BCUT2D eigenvalue weighted by atomic mass is 32.1. The lowest BCUT2D eigenvalue weighted by molar-refractivity contribution is -0.142. The molecule has 0 fully saturated rings. The number of aromatic hydroxyl groups is 1. The van der Waals surface area contributed by atoms with E-state index >= 15 is 0 Å². The van der Waals surface area contributed by atoms with Gasteiger partial charge in [0.25, 0.3) is 5.56 Å². The van der Waals surface area contributed by atoms with Crippen LogP contribution in [-0.2, 0) is 38.1 Å². The zero-order valence-corrected chi connectivity index (χ0v) is 29.5. The summed E-state index contributed by atoms with van der Waals surface area (Å²) in [4.78, 5) is 41.4. The molecule has 1 amide bonds. The van der Waals surface area contributed by atoms with Gasteiger partial charge in [-0.1, -0.05) is 6.07 Å². The molecule has 5 aromatic rings. The monoisotopic (exact) mass is 755 g/mol. The van der Waals surface area contributed by atoms with Crippen molar-refractivity contribution in [2.24, 2.45) is 14.1 Å². The van der Waals surface area contributed by atoms with Gasteiger partial charge in [-0.15, -0.1) is 22.7 Å². The molecule has 11 nitrogen and oxygen atoms in total. The normalized spacial score (nSPS) is 12.5. The fourth-order valence-corrected chi connectivity index (χ4v) is 6.57. The SMILES string of the molecule is CC(C)(C)NCC(O)c1ccc(O)c(CO)c1.Cn1c(=O)c2c(CC(=O)Nc3nc(-c4ccc(F)c(C(F)(F)F)c4F)cs3)csc2n(C)c1=O. The van der Waals surface area contributed by atoms with Crippen molar-refractivity contribution in [1.29, 1.82) is 0 Å². The van der Waals surface area contributed by atoms with Gasteiger partial charge in [0, 0.05) is 42.7 Å². The topological polar surface area (TPSA) is 159 Å². The summed E-state index contributed by atoms with van der Waals surface area (Å²) in [6, 6.07) is 6.08. The van der Waals surface area contributed by atoms with E-state index in [1.807, 2.05) is 20.8 Å². The van der Waals surface area contributed by atoms with E-state index in [1.54, 1.807) is 17.5 Å². The summed E-state index contributed by atoms with van der Waals surface area (Å²) < 4.78 is 69.1. The molecule has 1 atom stereocenters. The number of alkyl halides is 3. The smallest absolute Gasteiger partial charge is 0.422 e. The molecule has 0 bridgehead atoms. The first-order valence-electron chi connectivity index (χ1n) is 15.1. The number of carbonyl (C=O) groups excluding carboxylic acids is 1. The number of rotatable bonds is 8. The van der Waals surface area contributed by atoms with Crippen molar-refractivity contribution in [3.63, 3.8) is 0 Å². The zero-order chi connectivity index (χ0) is 38.0. The first-order chi connectivity index (χ1) is 23.7. The summed E-state index contributed by atoms with van der Waals surface area (Å²) in [5.41, 5.74) is -2.43. The van der Waals surface area contributed by atoms with E-state index in [-0.39, 0.29) is 40.5 Å². The lowest BCUT2D eigenvalue weighted by atomic mass is 10.0. The van der Waals surface area contributed by atoms with Crippen LogP contribution in [0.5, 0.6) is 5.75 Å². The number of aryl methyl sites for hydroxylation is 1. The number of β-amino-alcohol motifs (C(OH)–C–C–N with tert-alkyl or cyclic N) is 1. The number of fused-ring (bicyclic) bond motifs is 1. The Morgan fingerprint density at radius 1 is 1.00 bits per heavy atom. The van der Waals surface area contributed by atoms with Crippen LogP contribution in [0.15, 0.2) is 50.7 Å². The van der Waals surface area contributed by atoms with Crippen LogP contribution in [0, 0.1) is 11.6 Å². The molecule has 18 heteroatoms. The third-order valence-corrected chi connectivity index (χ3v) is 9.34. The van der Waals surface area contributed by atoms with Gasteiger partial charge in [-0.2, -0.15) is 13.2 Å². The number of hydrogen-bond donors (Lipinski definition) is 5. The predicted octanol–water partition coefficient (Wildman–Crippen LogP) is 5.21. The third-order valence-electron chi connectivity index (χ3n) is 7.48. The van der Waals surface area contributed by atoms with E-state index in [2.05, 4.69) is 15.6 Å². The van der Waals surface area contributed by atoms with Gasteiger partial charge in [-0.05, 0) is 61.5 Å². The number of halogens is 5. The van der Waals surface area contributed by atoms with E-state index in [0.717, 1.165) is 33.3 Å². The Bertz CT molecular complexity index is 2190. The molecular weight excluding hydrogens is 722 g/mol. The summed E-state index contributed by atoms with van der Waals surface area (Å²) in [6.45, 7) is 6.26. The van der Waals surface area contributed by atoms with E-state index < -0.39 is 52.2 Å². The van der Waals surface area contributed by atoms with Crippen LogP contribution in [0.1, 0.15) is 49.1 Å². The molecule has 0 saturated heterocycles. The third kappa shape index (κ3) is 9.06. The van der Waals surface area contributed by atoms with Gasteiger partial charge in [0.1, 0.15) is 27.8 Å². The van der Waals surface area contributed by atoms with Crippen LogP contribution >= 0.6 is 22.7 Å². The summed E-state index contributed by atoms with van der Waals surface area (Å²) in [5, 5.41) is 37.0. The summed E-state index contributed by atoms with van der Waals surface area (Å²) in [6.07, 6.45) is -6.13. The van der Waals surface area contributed by atoms with Crippen LogP contribution in [0.25, 0.3) is 21.5 Å². The second-order valence-corrected chi connectivity index (χ2v) is 14.1.